The Morgan fingerprint density at radius 3 is 2.80 bits per heavy atom. The number of aromatic nitrogens is 2. The number of nitrogen functional groups attached to an aromatic ring is 1. The van der Waals surface area contributed by atoms with Crippen molar-refractivity contribution in [1.29, 1.82) is 0 Å². The zero-order valence-electron chi connectivity index (χ0n) is 9.29. The van der Waals surface area contributed by atoms with Crippen molar-refractivity contribution in [1.82, 2.24) is 9.97 Å². The minimum atomic E-state index is 0.625. The summed E-state index contributed by atoms with van der Waals surface area (Å²) in [6.07, 6.45) is 2.71. The maximum atomic E-state index is 5.34. The van der Waals surface area contributed by atoms with Crippen LogP contribution in [0.15, 0.2) is 6.07 Å². The van der Waals surface area contributed by atoms with E-state index in [1.54, 1.807) is 7.11 Å². The first-order valence-electron chi connectivity index (χ1n) is 5.12. The van der Waals surface area contributed by atoms with Gasteiger partial charge in [-0.05, 0) is 6.42 Å². The lowest BCUT2D eigenvalue weighted by Gasteiger charge is -2.06. The van der Waals surface area contributed by atoms with Crippen LogP contribution in [-0.2, 0) is 17.6 Å². The molecule has 0 spiro atoms. The van der Waals surface area contributed by atoms with Gasteiger partial charge in [-0.1, -0.05) is 13.3 Å². The van der Waals surface area contributed by atoms with Gasteiger partial charge in [-0.25, -0.2) is 15.8 Å². The maximum Gasteiger partial charge on any atom is 0.143 e. The van der Waals surface area contributed by atoms with Gasteiger partial charge in [0.25, 0.3) is 0 Å². The summed E-state index contributed by atoms with van der Waals surface area (Å²) in [7, 11) is 1.66. The molecular formula is C10H18N4O. The first-order valence-corrected chi connectivity index (χ1v) is 5.12. The van der Waals surface area contributed by atoms with Gasteiger partial charge in [0.1, 0.15) is 11.6 Å². The minimum Gasteiger partial charge on any atom is -0.384 e. The standard InChI is InChI=1S/C10H18N4O/c1-3-4-8-7-10(14-11)13-9(12-8)5-6-15-2/h7H,3-6,11H2,1-2H3,(H,12,13,14). The molecule has 0 aliphatic rings. The Hall–Kier alpha value is -1.20. The van der Waals surface area contributed by atoms with Crippen LogP contribution in [0.25, 0.3) is 0 Å². The SMILES string of the molecule is CCCc1cc(NN)nc(CCOC)n1. The smallest absolute Gasteiger partial charge is 0.143 e. The van der Waals surface area contributed by atoms with E-state index in [-0.39, 0.29) is 0 Å². The Balaban J connectivity index is 2.79. The van der Waals surface area contributed by atoms with Gasteiger partial charge in [0, 0.05) is 25.3 Å². The Morgan fingerprint density at radius 2 is 2.20 bits per heavy atom. The third kappa shape index (κ3) is 3.81. The highest BCUT2D eigenvalue weighted by Gasteiger charge is 2.03. The van der Waals surface area contributed by atoms with Crippen LogP contribution in [0.1, 0.15) is 24.9 Å². The topological polar surface area (TPSA) is 73.1 Å². The molecule has 0 radical (unpaired) electrons. The van der Waals surface area contributed by atoms with Gasteiger partial charge in [-0.3, -0.25) is 0 Å². The van der Waals surface area contributed by atoms with Crippen LogP contribution in [0.5, 0.6) is 0 Å². The highest BCUT2D eigenvalue weighted by atomic mass is 16.5. The van der Waals surface area contributed by atoms with Crippen molar-refractivity contribution in [3.05, 3.63) is 17.6 Å². The average Bonchev–Trinajstić information content (AvgIpc) is 2.26. The summed E-state index contributed by atoms with van der Waals surface area (Å²) >= 11 is 0. The third-order valence-corrected chi connectivity index (χ3v) is 2.01. The van der Waals surface area contributed by atoms with Gasteiger partial charge >= 0.3 is 0 Å². The molecule has 15 heavy (non-hydrogen) atoms. The van der Waals surface area contributed by atoms with E-state index in [0.717, 1.165) is 24.4 Å². The van der Waals surface area contributed by atoms with Crippen molar-refractivity contribution in [2.24, 2.45) is 5.84 Å². The van der Waals surface area contributed by atoms with E-state index in [4.69, 9.17) is 10.6 Å². The summed E-state index contributed by atoms with van der Waals surface area (Å²) in [6.45, 7) is 2.74. The lowest BCUT2D eigenvalue weighted by molar-refractivity contribution is 0.200. The number of methoxy groups -OCH3 is 1. The Kier molecular flexibility index (Phi) is 5.00. The van der Waals surface area contributed by atoms with Gasteiger partial charge in [-0.2, -0.15) is 0 Å². The highest BCUT2D eigenvalue weighted by molar-refractivity contribution is 5.34. The molecule has 5 heteroatoms. The first-order chi connectivity index (χ1) is 7.30. The number of nitrogens with zero attached hydrogens (tertiary/aromatic N) is 2. The lowest BCUT2D eigenvalue weighted by atomic mass is 10.2. The van der Waals surface area contributed by atoms with Crippen molar-refractivity contribution in [3.8, 4) is 0 Å². The average molecular weight is 210 g/mol. The number of nitrogens with one attached hydrogen (secondary N) is 1. The summed E-state index contributed by atoms with van der Waals surface area (Å²) in [6, 6.07) is 1.87. The summed E-state index contributed by atoms with van der Waals surface area (Å²) in [5.74, 6) is 6.78. The molecule has 0 saturated carbocycles. The first kappa shape index (κ1) is 11.9. The predicted molar refractivity (Wildman–Crippen MR) is 59.4 cm³/mol. The number of hydrazine groups is 1. The molecule has 0 aliphatic carbocycles. The molecule has 0 aromatic carbocycles. The van der Waals surface area contributed by atoms with Crippen molar-refractivity contribution in [3.63, 3.8) is 0 Å². The van der Waals surface area contributed by atoms with E-state index in [0.29, 0.717) is 18.8 Å². The molecule has 0 aliphatic heterocycles. The minimum absolute atomic E-state index is 0.625. The predicted octanol–water partition coefficient (Wildman–Crippen LogP) is 0.904. The fourth-order valence-corrected chi connectivity index (χ4v) is 1.32. The second-order valence-corrected chi connectivity index (χ2v) is 3.30. The van der Waals surface area contributed by atoms with Crippen molar-refractivity contribution < 1.29 is 4.74 Å². The largest absolute Gasteiger partial charge is 0.384 e. The second-order valence-electron chi connectivity index (χ2n) is 3.30. The third-order valence-electron chi connectivity index (χ3n) is 2.01. The van der Waals surface area contributed by atoms with Gasteiger partial charge in [0.2, 0.25) is 0 Å². The molecular weight excluding hydrogens is 192 g/mol. The normalized spacial score (nSPS) is 10.3. The van der Waals surface area contributed by atoms with Crippen LogP contribution >= 0.6 is 0 Å². The van der Waals surface area contributed by atoms with Crippen LogP contribution in [0, 0.1) is 0 Å². The maximum absolute atomic E-state index is 5.34. The number of ether oxygens (including phenoxy) is 1. The Bertz CT molecular complexity index is 303. The van der Waals surface area contributed by atoms with Gasteiger partial charge in [-0.15, -0.1) is 0 Å². The van der Waals surface area contributed by atoms with E-state index >= 15 is 0 Å². The lowest BCUT2D eigenvalue weighted by Crippen LogP contribution is -2.12. The molecule has 0 saturated heterocycles. The summed E-state index contributed by atoms with van der Waals surface area (Å²) < 4.78 is 4.99. The van der Waals surface area contributed by atoms with Crippen molar-refractivity contribution in [2.75, 3.05) is 19.1 Å². The zero-order valence-corrected chi connectivity index (χ0v) is 9.29. The Labute approximate surface area is 90.0 Å². The van der Waals surface area contributed by atoms with E-state index in [1.807, 2.05) is 6.07 Å². The van der Waals surface area contributed by atoms with Gasteiger partial charge in [0.15, 0.2) is 0 Å². The number of nitrogens with two attached hydrogens (primary N) is 1. The molecule has 5 nitrogen and oxygen atoms in total. The molecule has 1 aromatic rings. The van der Waals surface area contributed by atoms with Crippen LogP contribution in [0.3, 0.4) is 0 Å². The molecule has 0 unspecified atom stereocenters. The van der Waals surface area contributed by atoms with Crippen LogP contribution in [0.4, 0.5) is 5.82 Å². The number of aryl methyl sites for hydroxylation is 1. The number of hydrogen-bond acceptors (Lipinski definition) is 5. The fraction of sp³-hybridized carbons (Fsp3) is 0.600. The van der Waals surface area contributed by atoms with Crippen LogP contribution in [-0.4, -0.2) is 23.7 Å². The van der Waals surface area contributed by atoms with Crippen molar-refractivity contribution in [2.45, 2.75) is 26.2 Å². The second kappa shape index (κ2) is 6.31. The summed E-state index contributed by atoms with van der Waals surface area (Å²) in [5, 5.41) is 0. The number of rotatable bonds is 6. The fourth-order valence-electron chi connectivity index (χ4n) is 1.32. The molecule has 0 fully saturated rings. The molecule has 1 rings (SSSR count). The van der Waals surface area contributed by atoms with Crippen molar-refractivity contribution >= 4 is 5.82 Å². The monoisotopic (exact) mass is 210 g/mol. The zero-order chi connectivity index (χ0) is 11.1. The van der Waals surface area contributed by atoms with E-state index in [9.17, 15) is 0 Å². The number of anilines is 1. The summed E-state index contributed by atoms with van der Waals surface area (Å²) in [4.78, 5) is 8.67. The van der Waals surface area contributed by atoms with E-state index < -0.39 is 0 Å². The van der Waals surface area contributed by atoms with E-state index in [1.165, 1.54) is 0 Å². The molecule has 1 aromatic heterocycles. The summed E-state index contributed by atoms with van der Waals surface area (Å²) in [5.41, 5.74) is 3.57. The molecule has 84 valence electrons. The van der Waals surface area contributed by atoms with Crippen LogP contribution < -0.4 is 11.3 Å². The van der Waals surface area contributed by atoms with Gasteiger partial charge < -0.3 is 10.2 Å². The number of hydrogen-bond donors (Lipinski definition) is 2. The quantitative estimate of drug-likeness (QED) is 0.539. The molecule has 0 amide bonds. The molecule has 1 heterocycles. The highest BCUT2D eigenvalue weighted by Crippen LogP contribution is 2.08. The molecule has 0 bridgehead atoms. The molecule has 0 atom stereocenters. The van der Waals surface area contributed by atoms with Crippen LogP contribution in [0.2, 0.25) is 0 Å². The van der Waals surface area contributed by atoms with E-state index in [2.05, 4.69) is 22.3 Å². The Morgan fingerprint density at radius 1 is 1.40 bits per heavy atom. The molecule has 3 N–H and O–H groups in total. The van der Waals surface area contributed by atoms with Gasteiger partial charge in [0.05, 0.1) is 6.61 Å².